The fourth-order valence-corrected chi connectivity index (χ4v) is 2.00. The first kappa shape index (κ1) is 14.4. The van der Waals surface area contributed by atoms with Crippen LogP contribution in [0.1, 0.15) is 13.2 Å². The quantitative estimate of drug-likeness (QED) is 0.547. The normalized spacial score (nSPS) is 34.6. The zero-order valence-corrected chi connectivity index (χ0v) is 10.5. The van der Waals surface area contributed by atoms with Gasteiger partial charge < -0.3 is 20.7 Å². The predicted octanol–water partition coefficient (Wildman–Crippen LogP) is -1.80. The van der Waals surface area contributed by atoms with Crippen molar-refractivity contribution in [2.45, 2.75) is 37.1 Å². The molecule has 2 rings (SSSR count). The third-order valence-corrected chi connectivity index (χ3v) is 3.04. The van der Waals surface area contributed by atoms with Gasteiger partial charge in [-0.25, -0.2) is 9.18 Å². The Balaban J connectivity index is 2.50. The van der Waals surface area contributed by atoms with Gasteiger partial charge in [-0.15, -0.1) is 6.42 Å². The van der Waals surface area contributed by atoms with E-state index in [0.29, 0.717) is 4.68 Å². The van der Waals surface area contributed by atoms with Crippen LogP contribution in [0.15, 0.2) is 11.0 Å². The van der Waals surface area contributed by atoms with Crippen LogP contribution in [0.3, 0.4) is 0 Å². The highest BCUT2D eigenvalue weighted by Crippen LogP contribution is 2.41. The second kappa shape index (κ2) is 4.82. The monoisotopic (exact) mass is 284 g/mol. The number of hydrogen-bond acceptors (Lipinski definition) is 7. The van der Waals surface area contributed by atoms with Crippen molar-refractivity contribution in [3.05, 3.63) is 16.7 Å². The van der Waals surface area contributed by atoms with Gasteiger partial charge in [0.2, 0.25) is 11.9 Å². The number of anilines is 1. The average molecular weight is 284 g/mol. The van der Waals surface area contributed by atoms with E-state index in [0.717, 1.165) is 6.20 Å². The predicted molar refractivity (Wildman–Crippen MR) is 65.0 cm³/mol. The number of nitrogen functional groups attached to an aromatic ring is 1. The van der Waals surface area contributed by atoms with Gasteiger partial charge in [0, 0.05) is 0 Å². The van der Waals surface area contributed by atoms with Crippen LogP contribution in [0.2, 0.25) is 0 Å². The van der Waals surface area contributed by atoms with Crippen molar-refractivity contribution in [1.82, 2.24) is 14.8 Å². The van der Waals surface area contributed by atoms with E-state index in [1.165, 1.54) is 6.92 Å². The van der Waals surface area contributed by atoms with Crippen LogP contribution in [0, 0.1) is 12.3 Å². The lowest BCUT2D eigenvalue weighted by Gasteiger charge is -2.22. The number of rotatable bonds is 2. The van der Waals surface area contributed by atoms with E-state index in [1.807, 2.05) is 0 Å². The number of aliphatic hydroxyl groups excluding tert-OH is 2. The average Bonchev–Trinajstić information content (AvgIpc) is 2.64. The molecule has 108 valence electrons. The zero-order chi connectivity index (χ0) is 15.1. The van der Waals surface area contributed by atoms with Gasteiger partial charge in [-0.1, -0.05) is 5.92 Å². The second-order valence-corrected chi connectivity index (χ2v) is 4.46. The van der Waals surface area contributed by atoms with Crippen LogP contribution in [0.25, 0.3) is 0 Å². The van der Waals surface area contributed by atoms with Crippen molar-refractivity contribution in [1.29, 1.82) is 0 Å². The highest BCUT2D eigenvalue weighted by molar-refractivity contribution is 5.22. The van der Waals surface area contributed by atoms with Crippen molar-refractivity contribution in [2.75, 3.05) is 5.73 Å². The Morgan fingerprint density at radius 3 is 2.90 bits per heavy atom. The second-order valence-electron chi connectivity index (χ2n) is 4.46. The van der Waals surface area contributed by atoms with Crippen molar-refractivity contribution in [3.63, 3.8) is 0 Å². The first-order chi connectivity index (χ1) is 9.31. The first-order valence-corrected chi connectivity index (χ1v) is 5.71. The molecule has 1 fully saturated rings. The summed E-state index contributed by atoms with van der Waals surface area (Å²) in [6, 6.07) is 0. The molecular weight excluding hydrogens is 271 g/mol. The summed E-state index contributed by atoms with van der Waals surface area (Å²) in [4.78, 5) is 15.0. The van der Waals surface area contributed by atoms with E-state index in [2.05, 4.69) is 10.1 Å². The molecule has 0 amide bonds. The lowest BCUT2D eigenvalue weighted by atomic mass is 9.95. The molecule has 1 aromatic heterocycles. The number of nitrogens with two attached hydrogens (primary N) is 1. The molecule has 9 heteroatoms. The molecule has 0 aromatic carbocycles. The molecule has 1 unspecified atom stereocenters. The summed E-state index contributed by atoms with van der Waals surface area (Å²) in [7, 11) is 0. The summed E-state index contributed by atoms with van der Waals surface area (Å²) in [6.07, 6.45) is 0.0925. The molecule has 20 heavy (non-hydrogen) atoms. The number of alkyl halides is 1. The number of ether oxygens (including phenoxy) is 1. The molecule has 5 atom stereocenters. The molecule has 0 radical (unpaired) electrons. The van der Waals surface area contributed by atoms with Crippen LogP contribution < -0.4 is 11.4 Å². The third-order valence-electron chi connectivity index (χ3n) is 3.04. The zero-order valence-electron chi connectivity index (χ0n) is 10.5. The third kappa shape index (κ3) is 2.03. The molecule has 4 N–H and O–H groups in total. The first-order valence-electron chi connectivity index (χ1n) is 5.71. The Kier molecular flexibility index (Phi) is 3.47. The van der Waals surface area contributed by atoms with Crippen LogP contribution in [0.4, 0.5) is 10.2 Å². The van der Waals surface area contributed by atoms with Gasteiger partial charge in [0.25, 0.3) is 0 Å². The molecule has 1 saturated heterocycles. The van der Waals surface area contributed by atoms with E-state index < -0.39 is 35.9 Å². The van der Waals surface area contributed by atoms with E-state index in [9.17, 15) is 19.4 Å². The van der Waals surface area contributed by atoms with E-state index in [4.69, 9.17) is 16.9 Å². The van der Waals surface area contributed by atoms with Gasteiger partial charge in [0.1, 0.15) is 18.0 Å². The molecule has 0 spiro atoms. The van der Waals surface area contributed by atoms with Gasteiger partial charge in [-0.3, -0.25) is 0 Å². The van der Waals surface area contributed by atoms with Gasteiger partial charge in [0.05, 0.1) is 12.3 Å². The Hall–Kier alpha value is -2.02. The smallest absolute Gasteiger partial charge is 0.368 e. The number of aliphatic hydroxyl groups is 2. The number of nitrogens with zero attached hydrogens (tertiary/aromatic N) is 3. The molecule has 0 saturated carbocycles. The van der Waals surface area contributed by atoms with Crippen LogP contribution >= 0.6 is 0 Å². The number of terminal acetylenes is 1. The lowest BCUT2D eigenvalue weighted by molar-refractivity contribution is -0.0849. The molecule has 8 nitrogen and oxygen atoms in total. The summed E-state index contributed by atoms with van der Waals surface area (Å²) < 4.78 is 20.4. The minimum atomic E-state index is -2.73. The van der Waals surface area contributed by atoms with Gasteiger partial charge in [-0.05, 0) is 6.92 Å². The molecule has 1 aliphatic heterocycles. The number of aromatic nitrogens is 3. The number of halogens is 1. The van der Waals surface area contributed by atoms with Crippen LogP contribution in [-0.4, -0.2) is 49.0 Å². The maximum atomic E-state index is 14.7. The molecule has 0 bridgehead atoms. The SMILES string of the molecule is C#C[C@@]1(F)C(O)[C@@H]([C@@H](C)O)O[C@H]1n1ncc(N)nc1=O. The summed E-state index contributed by atoms with van der Waals surface area (Å²) in [5.74, 6) is 1.60. The summed E-state index contributed by atoms with van der Waals surface area (Å²) in [6.45, 7) is 1.30. The Bertz CT molecular complexity index is 613. The summed E-state index contributed by atoms with van der Waals surface area (Å²) in [5.41, 5.74) is 1.57. The minimum Gasteiger partial charge on any atom is -0.391 e. The molecular formula is C11H13FN4O4. The minimum absolute atomic E-state index is 0.151. The maximum Gasteiger partial charge on any atom is 0.368 e. The van der Waals surface area contributed by atoms with E-state index in [1.54, 1.807) is 5.92 Å². The Morgan fingerprint density at radius 2 is 2.40 bits per heavy atom. The molecule has 2 heterocycles. The van der Waals surface area contributed by atoms with E-state index in [-0.39, 0.29) is 5.82 Å². The van der Waals surface area contributed by atoms with Gasteiger partial charge in [0.15, 0.2) is 0 Å². The van der Waals surface area contributed by atoms with Crippen molar-refractivity contribution in [2.24, 2.45) is 0 Å². The highest BCUT2D eigenvalue weighted by atomic mass is 19.1. The van der Waals surface area contributed by atoms with Gasteiger partial charge in [-0.2, -0.15) is 14.8 Å². The molecule has 1 aromatic rings. The highest BCUT2D eigenvalue weighted by Gasteiger charge is 2.59. The van der Waals surface area contributed by atoms with Crippen molar-refractivity contribution in [3.8, 4) is 12.3 Å². The molecule has 1 aliphatic rings. The molecule has 0 aliphatic carbocycles. The Morgan fingerprint density at radius 1 is 1.75 bits per heavy atom. The summed E-state index contributed by atoms with van der Waals surface area (Å²) in [5, 5.41) is 22.9. The maximum absolute atomic E-state index is 14.7. The van der Waals surface area contributed by atoms with Crippen LogP contribution in [-0.2, 0) is 4.74 Å². The van der Waals surface area contributed by atoms with Crippen molar-refractivity contribution < 1.29 is 19.3 Å². The Labute approximate surface area is 113 Å². The van der Waals surface area contributed by atoms with Crippen LogP contribution in [0.5, 0.6) is 0 Å². The van der Waals surface area contributed by atoms with Gasteiger partial charge >= 0.3 is 5.69 Å². The topological polar surface area (TPSA) is 123 Å². The number of hydrogen-bond donors (Lipinski definition) is 3. The van der Waals surface area contributed by atoms with E-state index >= 15 is 0 Å². The fraction of sp³-hybridized carbons (Fsp3) is 0.545. The van der Waals surface area contributed by atoms with Crippen molar-refractivity contribution >= 4 is 5.82 Å². The standard InChI is InChI=1S/C11H13FN4O4/c1-3-11(12)8(18)7(5(2)17)20-9(11)16-10(19)15-6(13)4-14-16/h1,4-5,7-9,17-18H,2H3,(H2,13,15,19)/t5-,7-,8?,9-,11-/m1/s1. The summed E-state index contributed by atoms with van der Waals surface area (Å²) >= 11 is 0. The lowest BCUT2D eigenvalue weighted by Crippen LogP contribution is -2.46. The fourth-order valence-electron chi connectivity index (χ4n) is 2.00. The largest absolute Gasteiger partial charge is 0.391 e.